The number of methoxy groups -OCH3 is 1. The van der Waals surface area contributed by atoms with Crippen molar-refractivity contribution in [2.24, 2.45) is 5.92 Å². The average molecular weight is 488 g/mol. The summed E-state index contributed by atoms with van der Waals surface area (Å²) in [5.74, 6) is 0.803. The molecular weight excluding hydrogens is 454 g/mol. The van der Waals surface area contributed by atoms with Gasteiger partial charge in [0, 0.05) is 42.4 Å². The van der Waals surface area contributed by atoms with Crippen LogP contribution in [-0.4, -0.2) is 45.4 Å². The largest absolute Gasteiger partial charge is 0.383 e. The zero-order chi connectivity index (χ0) is 25.5. The van der Waals surface area contributed by atoms with Gasteiger partial charge in [-0.1, -0.05) is 12.8 Å². The van der Waals surface area contributed by atoms with Crippen molar-refractivity contribution in [3.63, 3.8) is 0 Å². The van der Waals surface area contributed by atoms with Gasteiger partial charge in [0.05, 0.1) is 37.0 Å². The highest BCUT2D eigenvalue weighted by atomic mass is 16.5. The van der Waals surface area contributed by atoms with Crippen molar-refractivity contribution >= 4 is 17.5 Å². The second-order valence-electron chi connectivity index (χ2n) is 9.44. The quantitative estimate of drug-likeness (QED) is 0.422. The number of ether oxygens (including phenoxy) is 1. The lowest BCUT2D eigenvalue weighted by molar-refractivity contribution is 0.0905. The molecule has 0 saturated heterocycles. The molecule has 9 nitrogen and oxygen atoms in total. The predicted molar refractivity (Wildman–Crippen MR) is 138 cm³/mol. The topological polar surface area (TPSA) is 118 Å². The van der Waals surface area contributed by atoms with Crippen molar-refractivity contribution in [1.82, 2.24) is 25.1 Å². The van der Waals surface area contributed by atoms with Crippen LogP contribution in [0.15, 0.2) is 42.9 Å². The molecule has 2 aromatic heterocycles. The minimum absolute atomic E-state index is 0.0719. The Kier molecular flexibility index (Phi) is 8.28. The van der Waals surface area contributed by atoms with Crippen LogP contribution in [0, 0.1) is 24.2 Å². The van der Waals surface area contributed by atoms with Crippen LogP contribution in [0.5, 0.6) is 0 Å². The Morgan fingerprint density at radius 1 is 1.25 bits per heavy atom. The number of nitriles is 1. The summed E-state index contributed by atoms with van der Waals surface area (Å²) in [6, 6.07) is 9.53. The highest BCUT2D eigenvalue weighted by molar-refractivity contribution is 5.94. The predicted octanol–water partition coefficient (Wildman–Crippen LogP) is 4.80. The summed E-state index contributed by atoms with van der Waals surface area (Å²) in [5.41, 5.74) is 3.98. The summed E-state index contributed by atoms with van der Waals surface area (Å²) in [4.78, 5) is 21.5. The number of nitrogens with zero attached hydrogens (tertiary/aromatic N) is 5. The van der Waals surface area contributed by atoms with E-state index in [0.717, 1.165) is 35.3 Å². The van der Waals surface area contributed by atoms with Crippen molar-refractivity contribution in [2.75, 3.05) is 19.0 Å². The van der Waals surface area contributed by atoms with Gasteiger partial charge in [0.25, 0.3) is 5.91 Å². The smallest absolute Gasteiger partial charge is 0.251 e. The molecule has 1 fully saturated rings. The molecule has 3 aromatic rings. The van der Waals surface area contributed by atoms with Gasteiger partial charge >= 0.3 is 0 Å². The summed E-state index contributed by atoms with van der Waals surface area (Å²) in [6.45, 7) is 4.32. The summed E-state index contributed by atoms with van der Waals surface area (Å²) in [7, 11) is 1.61. The Morgan fingerprint density at radius 3 is 2.69 bits per heavy atom. The molecule has 1 saturated carbocycles. The van der Waals surface area contributed by atoms with Crippen LogP contribution in [-0.2, 0) is 4.74 Å². The number of nitrogens with one attached hydrogen (secondary N) is 2. The summed E-state index contributed by atoms with van der Waals surface area (Å²) in [6.07, 6.45) is 10.8. The van der Waals surface area contributed by atoms with Crippen molar-refractivity contribution < 1.29 is 9.53 Å². The fraction of sp³-hybridized carbons (Fsp3) is 0.444. The van der Waals surface area contributed by atoms with Crippen LogP contribution in [0.2, 0.25) is 0 Å². The number of amides is 1. The van der Waals surface area contributed by atoms with E-state index in [4.69, 9.17) is 9.72 Å². The normalized spacial score (nSPS) is 15.3. The minimum Gasteiger partial charge on any atom is -0.383 e. The Bertz CT molecular complexity index is 1210. The number of benzene rings is 1. The third kappa shape index (κ3) is 6.07. The van der Waals surface area contributed by atoms with Crippen molar-refractivity contribution in [3.05, 3.63) is 54.0 Å². The average Bonchev–Trinajstić information content (AvgIpc) is 3.57. The van der Waals surface area contributed by atoms with E-state index in [9.17, 15) is 10.1 Å². The standard InChI is InChI=1S/C27H33N7O2/c1-18-14-29-27(32-23-10-8-21(9-11-23)26(35)31-19(2)17-36-3)33-25(18)22-15-30-34(16-22)24(12-13-28)20-6-4-5-7-20/h8-11,14-16,19-20,24H,4-7,12,17H2,1-3H3,(H,31,35)(H,29,32,33). The second kappa shape index (κ2) is 11.8. The molecule has 1 aliphatic carbocycles. The van der Waals surface area contributed by atoms with Gasteiger partial charge in [0.1, 0.15) is 0 Å². The summed E-state index contributed by atoms with van der Waals surface area (Å²) < 4.78 is 7.01. The van der Waals surface area contributed by atoms with Gasteiger partial charge in [-0.3, -0.25) is 9.48 Å². The van der Waals surface area contributed by atoms with Gasteiger partial charge in [-0.2, -0.15) is 10.4 Å². The third-order valence-corrected chi connectivity index (χ3v) is 6.63. The van der Waals surface area contributed by atoms with Gasteiger partial charge in [0.15, 0.2) is 0 Å². The summed E-state index contributed by atoms with van der Waals surface area (Å²) in [5, 5.41) is 20.1. The Balaban J connectivity index is 1.47. The Hall–Kier alpha value is -3.77. The molecular formula is C27H33N7O2. The number of aromatic nitrogens is 4. The van der Waals surface area contributed by atoms with Gasteiger partial charge < -0.3 is 15.4 Å². The molecule has 9 heteroatoms. The number of hydrogen-bond donors (Lipinski definition) is 2. The second-order valence-corrected chi connectivity index (χ2v) is 9.44. The number of hydrogen-bond acceptors (Lipinski definition) is 7. The highest BCUT2D eigenvalue weighted by Crippen LogP contribution is 2.36. The van der Waals surface area contributed by atoms with Crippen LogP contribution < -0.4 is 10.6 Å². The molecule has 4 rings (SSSR count). The minimum atomic E-state index is -0.149. The molecule has 2 heterocycles. The van der Waals surface area contributed by atoms with Crippen LogP contribution in [0.3, 0.4) is 0 Å². The highest BCUT2D eigenvalue weighted by Gasteiger charge is 2.27. The first-order valence-corrected chi connectivity index (χ1v) is 12.4. The molecule has 2 atom stereocenters. The molecule has 1 aliphatic rings. The van der Waals surface area contributed by atoms with E-state index in [-0.39, 0.29) is 18.0 Å². The van der Waals surface area contributed by atoms with E-state index in [2.05, 4.69) is 26.8 Å². The van der Waals surface area contributed by atoms with Crippen molar-refractivity contribution in [1.29, 1.82) is 5.26 Å². The Labute approximate surface area is 211 Å². The van der Waals surface area contributed by atoms with Crippen LogP contribution >= 0.6 is 0 Å². The number of carbonyl (C=O) groups is 1. The molecule has 2 N–H and O–H groups in total. The lowest BCUT2D eigenvalue weighted by atomic mass is 9.96. The van der Waals surface area contributed by atoms with Crippen LogP contribution in [0.4, 0.5) is 11.6 Å². The molecule has 1 aromatic carbocycles. The molecule has 188 valence electrons. The third-order valence-electron chi connectivity index (χ3n) is 6.63. The van der Waals surface area contributed by atoms with E-state index in [1.165, 1.54) is 12.8 Å². The van der Waals surface area contributed by atoms with Crippen molar-refractivity contribution in [3.8, 4) is 17.3 Å². The molecule has 0 bridgehead atoms. The number of rotatable bonds is 10. The van der Waals surface area contributed by atoms with E-state index < -0.39 is 0 Å². The van der Waals surface area contributed by atoms with Gasteiger partial charge in [0.2, 0.25) is 5.95 Å². The molecule has 2 unspecified atom stereocenters. The SMILES string of the molecule is COCC(C)NC(=O)c1ccc(Nc2ncc(C)c(-c3cnn(C(CC#N)C4CCCC4)c3)n2)cc1. The van der Waals surface area contributed by atoms with Crippen LogP contribution in [0.1, 0.15) is 61.0 Å². The van der Waals surface area contributed by atoms with Crippen LogP contribution in [0.25, 0.3) is 11.3 Å². The lowest BCUT2D eigenvalue weighted by Crippen LogP contribution is -2.35. The van der Waals surface area contributed by atoms with E-state index >= 15 is 0 Å². The first kappa shape index (κ1) is 25.3. The fourth-order valence-electron chi connectivity index (χ4n) is 4.78. The van der Waals surface area contributed by atoms with E-state index in [1.54, 1.807) is 25.4 Å². The number of aryl methyl sites for hydroxylation is 1. The van der Waals surface area contributed by atoms with Gasteiger partial charge in [-0.05, 0) is 62.4 Å². The fourth-order valence-corrected chi connectivity index (χ4v) is 4.78. The first-order valence-electron chi connectivity index (χ1n) is 12.4. The van der Waals surface area contributed by atoms with E-state index in [0.29, 0.717) is 30.5 Å². The zero-order valence-corrected chi connectivity index (χ0v) is 21.1. The maximum absolute atomic E-state index is 12.4. The van der Waals surface area contributed by atoms with Crippen molar-refractivity contribution in [2.45, 2.75) is 58.0 Å². The Morgan fingerprint density at radius 2 is 2.00 bits per heavy atom. The first-order chi connectivity index (χ1) is 17.5. The van der Waals surface area contributed by atoms with Gasteiger partial charge in [-0.15, -0.1) is 0 Å². The van der Waals surface area contributed by atoms with E-state index in [1.807, 2.05) is 43.1 Å². The maximum atomic E-state index is 12.4. The molecule has 0 spiro atoms. The van der Waals surface area contributed by atoms with Gasteiger partial charge in [-0.25, -0.2) is 9.97 Å². The number of anilines is 2. The monoisotopic (exact) mass is 487 g/mol. The number of carbonyl (C=O) groups excluding carboxylic acids is 1. The molecule has 0 aliphatic heterocycles. The molecule has 36 heavy (non-hydrogen) atoms. The maximum Gasteiger partial charge on any atom is 0.251 e. The molecule has 0 radical (unpaired) electrons. The molecule has 1 amide bonds. The lowest BCUT2D eigenvalue weighted by Gasteiger charge is -2.21. The zero-order valence-electron chi connectivity index (χ0n) is 21.1. The summed E-state index contributed by atoms with van der Waals surface area (Å²) >= 11 is 0.